The average molecular weight is 735 g/mol. The topological polar surface area (TPSA) is 0 Å². The number of benzene rings is 11. The number of hydrogen-bond acceptors (Lipinski definition) is 0. The second-order valence-corrected chi connectivity index (χ2v) is 17.8. The lowest BCUT2D eigenvalue weighted by Gasteiger charge is -2.23. The standard InChI is InChI=1S/C58H38/c1-29(2)42-28-47-44-25-32-15-8-9-16-33(32)26-45(44)53-43(30(3)4)27-46-37-21-22-41-51-40(24-23-39(49(37)51)52(42)57(46)58(47)53)55-48(31-13-6-5-7-14-31)38-20-12-19-35-34-17-10-11-18-36(34)54(50(35)38)56(41)55/h5-30H,1-4H3. The molecule has 14 rings (SSSR count). The van der Waals surface area contributed by atoms with E-state index in [0.29, 0.717) is 11.8 Å². The molecule has 13 aromatic rings. The molecule has 58 heavy (non-hydrogen) atoms. The molecule has 0 heteroatoms. The van der Waals surface area contributed by atoms with Gasteiger partial charge in [-0.05, 0) is 188 Å². The molecule has 1 aliphatic carbocycles. The van der Waals surface area contributed by atoms with Gasteiger partial charge in [-0.2, -0.15) is 0 Å². The largest absolute Gasteiger partial charge is 0.0622 e. The zero-order valence-corrected chi connectivity index (χ0v) is 33.0. The summed E-state index contributed by atoms with van der Waals surface area (Å²) in [4.78, 5) is 0. The van der Waals surface area contributed by atoms with Crippen molar-refractivity contribution < 1.29 is 0 Å². The van der Waals surface area contributed by atoms with Crippen LogP contribution in [0.25, 0.3) is 141 Å². The highest BCUT2D eigenvalue weighted by molar-refractivity contribution is 6.51. The molecule has 270 valence electrons. The zero-order valence-electron chi connectivity index (χ0n) is 33.0. The first-order valence-electron chi connectivity index (χ1n) is 21.1. The van der Waals surface area contributed by atoms with Gasteiger partial charge in [-0.1, -0.05) is 149 Å². The second kappa shape index (κ2) is 10.6. The summed E-state index contributed by atoms with van der Waals surface area (Å²) in [7, 11) is 0. The summed E-state index contributed by atoms with van der Waals surface area (Å²) >= 11 is 0. The van der Waals surface area contributed by atoms with Crippen molar-refractivity contribution in [3.63, 3.8) is 0 Å². The molecule has 13 aromatic carbocycles. The fraction of sp³-hybridized carbons (Fsp3) is 0.103. The van der Waals surface area contributed by atoms with Crippen molar-refractivity contribution in [3.8, 4) is 33.4 Å². The predicted molar refractivity (Wildman–Crippen MR) is 253 cm³/mol. The van der Waals surface area contributed by atoms with E-state index in [4.69, 9.17) is 0 Å². The second-order valence-electron chi connectivity index (χ2n) is 17.8. The van der Waals surface area contributed by atoms with Crippen LogP contribution >= 0.6 is 0 Å². The van der Waals surface area contributed by atoms with Gasteiger partial charge in [0.05, 0.1) is 0 Å². The highest BCUT2D eigenvalue weighted by atomic mass is 14.3. The Kier molecular flexibility index (Phi) is 5.72. The van der Waals surface area contributed by atoms with Crippen LogP contribution in [-0.4, -0.2) is 0 Å². The van der Waals surface area contributed by atoms with Gasteiger partial charge in [-0.15, -0.1) is 0 Å². The van der Waals surface area contributed by atoms with Crippen molar-refractivity contribution in [1.29, 1.82) is 0 Å². The third kappa shape index (κ3) is 3.57. The maximum Gasteiger partial charge on any atom is -0.000696 e. The number of hydrogen-bond donors (Lipinski definition) is 0. The van der Waals surface area contributed by atoms with Crippen LogP contribution in [0, 0.1) is 0 Å². The lowest BCUT2D eigenvalue weighted by Crippen LogP contribution is -1.98. The Bertz CT molecular complexity index is 3930. The van der Waals surface area contributed by atoms with E-state index >= 15 is 0 Å². The molecule has 0 saturated heterocycles. The zero-order chi connectivity index (χ0) is 38.3. The maximum atomic E-state index is 2.60. The summed E-state index contributed by atoms with van der Waals surface area (Å²) in [5.41, 5.74) is 11.2. The first-order chi connectivity index (χ1) is 28.5. The molecular weight excluding hydrogens is 697 g/mol. The van der Waals surface area contributed by atoms with Crippen LogP contribution in [-0.2, 0) is 0 Å². The average Bonchev–Trinajstić information content (AvgIpc) is 3.88. The van der Waals surface area contributed by atoms with E-state index < -0.39 is 0 Å². The third-order valence-corrected chi connectivity index (χ3v) is 14.3. The summed E-state index contributed by atoms with van der Waals surface area (Å²) in [6, 6.07) is 56.2. The third-order valence-electron chi connectivity index (χ3n) is 14.3. The molecule has 0 amide bonds. The van der Waals surface area contributed by atoms with E-state index in [0.717, 1.165) is 0 Å². The van der Waals surface area contributed by atoms with Gasteiger partial charge in [0.2, 0.25) is 0 Å². The molecule has 0 aromatic heterocycles. The summed E-state index contributed by atoms with van der Waals surface area (Å²) in [6.45, 7) is 9.55. The van der Waals surface area contributed by atoms with Crippen LogP contribution in [0.2, 0.25) is 0 Å². The molecule has 0 spiro atoms. The minimum Gasteiger partial charge on any atom is -0.0622 e. The van der Waals surface area contributed by atoms with Crippen molar-refractivity contribution in [2.75, 3.05) is 0 Å². The highest BCUT2D eigenvalue weighted by Crippen LogP contribution is 2.59. The fourth-order valence-corrected chi connectivity index (χ4v) is 12.0. The van der Waals surface area contributed by atoms with Gasteiger partial charge in [0.25, 0.3) is 0 Å². The van der Waals surface area contributed by atoms with Gasteiger partial charge in [0.15, 0.2) is 0 Å². The summed E-state index contributed by atoms with van der Waals surface area (Å²) in [6.07, 6.45) is 0. The van der Waals surface area contributed by atoms with Crippen molar-refractivity contribution >= 4 is 108 Å². The van der Waals surface area contributed by atoms with Gasteiger partial charge in [-0.3, -0.25) is 0 Å². The highest BCUT2D eigenvalue weighted by Gasteiger charge is 2.32. The van der Waals surface area contributed by atoms with Gasteiger partial charge >= 0.3 is 0 Å². The Morgan fingerprint density at radius 3 is 1.55 bits per heavy atom. The molecule has 0 radical (unpaired) electrons. The van der Waals surface area contributed by atoms with Gasteiger partial charge in [0, 0.05) is 0 Å². The Morgan fingerprint density at radius 1 is 0.276 bits per heavy atom. The van der Waals surface area contributed by atoms with Gasteiger partial charge in [-0.25, -0.2) is 0 Å². The minimum absolute atomic E-state index is 0.355. The van der Waals surface area contributed by atoms with Crippen LogP contribution in [0.5, 0.6) is 0 Å². The first kappa shape index (κ1) is 31.3. The van der Waals surface area contributed by atoms with E-state index in [1.807, 2.05) is 0 Å². The molecule has 0 bridgehead atoms. The van der Waals surface area contributed by atoms with Crippen molar-refractivity contribution in [2.24, 2.45) is 0 Å². The predicted octanol–water partition coefficient (Wildman–Crippen LogP) is 17.1. The molecule has 0 nitrogen and oxygen atoms in total. The molecule has 0 fully saturated rings. The normalized spacial score (nSPS) is 13.1. The van der Waals surface area contributed by atoms with E-state index in [-0.39, 0.29) is 0 Å². The van der Waals surface area contributed by atoms with Crippen LogP contribution in [0.3, 0.4) is 0 Å². The fourth-order valence-electron chi connectivity index (χ4n) is 12.0. The van der Waals surface area contributed by atoms with Crippen LogP contribution in [0.15, 0.2) is 146 Å². The molecular formula is C58H38. The number of rotatable bonds is 3. The van der Waals surface area contributed by atoms with E-state index in [2.05, 4.69) is 173 Å². The van der Waals surface area contributed by atoms with Crippen molar-refractivity contribution in [1.82, 2.24) is 0 Å². The van der Waals surface area contributed by atoms with E-state index in [9.17, 15) is 0 Å². The number of fused-ring (bicyclic) bond motifs is 13. The lowest BCUT2D eigenvalue weighted by atomic mass is 9.80. The molecule has 0 unspecified atom stereocenters. The molecule has 1 aliphatic rings. The smallest absolute Gasteiger partial charge is 0.000696 e. The maximum absolute atomic E-state index is 2.60. The van der Waals surface area contributed by atoms with Crippen molar-refractivity contribution in [3.05, 3.63) is 157 Å². The molecule has 0 atom stereocenters. The summed E-state index contributed by atoms with van der Waals surface area (Å²) < 4.78 is 0. The summed E-state index contributed by atoms with van der Waals surface area (Å²) in [5, 5.41) is 27.7. The van der Waals surface area contributed by atoms with E-state index in [1.54, 1.807) is 0 Å². The molecule has 0 heterocycles. The van der Waals surface area contributed by atoms with Crippen LogP contribution < -0.4 is 0 Å². The Labute approximate surface area is 335 Å². The minimum atomic E-state index is 0.355. The monoisotopic (exact) mass is 734 g/mol. The molecule has 0 saturated carbocycles. The Morgan fingerprint density at radius 2 is 0.793 bits per heavy atom. The Balaban J connectivity index is 1.25. The van der Waals surface area contributed by atoms with Gasteiger partial charge < -0.3 is 0 Å². The van der Waals surface area contributed by atoms with Crippen LogP contribution in [0.1, 0.15) is 50.7 Å². The molecule has 0 N–H and O–H groups in total. The Hall–Kier alpha value is -6.76. The summed E-state index contributed by atoms with van der Waals surface area (Å²) in [5.74, 6) is 0.726. The van der Waals surface area contributed by atoms with Crippen LogP contribution in [0.4, 0.5) is 0 Å². The van der Waals surface area contributed by atoms with Gasteiger partial charge in [0.1, 0.15) is 0 Å². The SMILES string of the molecule is CC(C)c1cc2c3ccc4c5c(ccc(c6c(C(C)C)cc7c(c1-c1cc8ccccc8cc1-7)c26)c35)c1c(-c2ccccc2)c2cccc3c5ccccc5c(c23)c41. The first-order valence-corrected chi connectivity index (χ1v) is 21.1. The van der Waals surface area contributed by atoms with E-state index in [1.165, 1.54) is 152 Å². The van der Waals surface area contributed by atoms with Crippen molar-refractivity contribution in [2.45, 2.75) is 39.5 Å². The lowest BCUT2D eigenvalue weighted by molar-refractivity contribution is 0.872. The molecule has 0 aliphatic heterocycles. The quantitative estimate of drug-likeness (QED) is 0.125.